The summed E-state index contributed by atoms with van der Waals surface area (Å²) in [5.74, 6) is -0.667. The van der Waals surface area contributed by atoms with Crippen LogP contribution in [0, 0.1) is 0 Å². The average Bonchev–Trinajstić information content (AvgIpc) is 3.02. The maximum absolute atomic E-state index is 12.0. The molecule has 0 radical (unpaired) electrons. The van der Waals surface area contributed by atoms with Crippen LogP contribution in [0.4, 0.5) is 0 Å². The monoisotopic (exact) mass is 332 g/mol. The van der Waals surface area contributed by atoms with Crippen molar-refractivity contribution in [2.24, 2.45) is 0 Å². The molecule has 1 heterocycles. The number of methoxy groups -OCH3 is 1. The second-order valence-corrected chi connectivity index (χ2v) is 6.00. The van der Waals surface area contributed by atoms with Crippen LogP contribution >= 0.6 is 0 Å². The van der Waals surface area contributed by atoms with Gasteiger partial charge in [-0.1, -0.05) is 31.2 Å². The standard InChI is InChI=1S/C16H20N4O4/c1-16(2,11-4-6-12(24-3)7-5-11)10-17-14(21)9-20-8-13(15(22)23)18-19-20/h4-8H,9-10H2,1-3H3,(H,17,21)(H,22,23). The molecule has 8 heteroatoms. The lowest BCUT2D eigenvalue weighted by molar-refractivity contribution is -0.122. The molecule has 8 nitrogen and oxygen atoms in total. The van der Waals surface area contributed by atoms with Gasteiger partial charge in [-0.2, -0.15) is 0 Å². The average molecular weight is 332 g/mol. The molecule has 0 aliphatic carbocycles. The van der Waals surface area contributed by atoms with E-state index in [1.165, 1.54) is 10.9 Å². The number of aromatic nitrogens is 3. The fraction of sp³-hybridized carbons (Fsp3) is 0.375. The summed E-state index contributed by atoms with van der Waals surface area (Å²) >= 11 is 0. The Bertz CT molecular complexity index is 722. The van der Waals surface area contributed by atoms with Gasteiger partial charge in [0.25, 0.3) is 0 Å². The lowest BCUT2D eigenvalue weighted by atomic mass is 9.84. The van der Waals surface area contributed by atoms with Crippen molar-refractivity contribution in [3.63, 3.8) is 0 Å². The molecule has 0 unspecified atom stereocenters. The molecule has 1 aromatic heterocycles. The number of amides is 1. The van der Waals surface area contributed by atoms with Crippen LogP contribution in [-0.4, -0.2) is 45.6 Å². The third kappa shape index (κ3) is 4.31. The Morgan fingerprint density at radius 2 is 1.96 bits per heavy atom. The largest absolute Gasteiger partial charge is 0.497 e. The van der Waals surface area contributed by atoms with Crippen molar-refractivity contribution < 1.29 is 19.4 Å². The number of carboxylic acids is 1. The van der Waals surface area contributed by atoms with Crippen LogP contribution in [0.1, 0.15) is 29.9 Å². The smallest absolute Gasteiger partial charge is 0.358 e. The number of carbonyl (C=O) groups is 2. The molecule has 1 aromatic carbocycles. The second kappa shape index (κ2) is 7.12. The summed E-state index contributed by atoms with van der Waals surface area (Å²) < 4.78 is 6.33. The number of nitrogens with one attached hydrogen (secondary N) is 1. The SMILES string of the molecule is COc1ccc(C(C)(C)CNC(=O)Cn2cc(C(=O)O)nn2)cc1. The summed E-state index contributed by atoms with van der Waals surface area (Å²) in [5.41, 5.74) is 0.607. The van der Waals surface area contributed by atoms with Crippen LogP contribution in [-0.2, 0) is 16.8 Å². The number of hydrogen-bond donors (Lipinski definition) is 2. The summed E-state index contributed by atoms with van der Waals surface area (Å²) in [6.45, 7) is 4.39. The van der Waals surface area contributed by atoms with Gasteiger partial charge in [0.2, 0.25) is 5.91 Å². The third-order valence-electron chi connectivity index (χ3n) is 3.66. The Kier molecular flexibility index (Phi) is 5.18. The van der Waals surface area contributed by atoms with E-state index < -0.39 is 5.97 Å². The molecule has 2 aromatic rings. The molecule has 2 rings (SSSR count). The van der Waals surface area contributed by atoms with E-state index >= 15 is 0 Å². The molecule has 1 amide bonds. The number of benzene rings is 1. The van der Waals surface area contributed by atoms with Crippen molar-refractivity contribution in [2.45, 2.75) is 25.8 Å². The highest BCUT2D eigenvalue weighted by atomic mass is 16.5. The molecule has 0 bridgehead atoms. The second-order valence-electron chi connectivity index (χ2n) is 6.00. The summed E-state index contributed by atoms with van der Waals surface area (Å²) in [6.07, 6.45) is 1.22. The van der Waals surface area contributed by atoms with E-state index in [1.54, 1.807) is 7.11 Å². The number of nitrogens with zero attached hydrogens (tertiary/aromatic N) is 3. The normalized spacial score (nSPS) is 11.1. The Morgan fingerprint density at radius 3 is 2.50 bits per heavy atom. The first kappa shape index (κ1) is 17.5. The molecule has 24 heavy (non-hydrogen) atoms. The molecule has 2 N–H and O–H groups in total. The van der Waals surface area contributed by atoms with Gasteiger partial charge in [0, 0.05) is 12.0 Å². The maximum Gasteiger partial charge on any atom is 0.358 e. The lowest BCUT2D eigenvalue weighted by Crippen LogP contribution is -2.38. The van der Waals surface area contributed by atoms with Gasteiger partial charge >= 0.3 is 5.97 Å². The van der Waals surface area contributed by atoms with Crippen molar-refractivity contribution in [2.75, 3.05) is 13.7 Å². The minimum Gasteiger partial charge on any atom is -0.497 e. The summed E-state index contributed by atoms with van der Waals surface area (Å²) in [4.78, 5) is 22.7. The molecule has 0 fully saturated rings. The molecule has 0 spiro atoms. The minimum atomic E-state index is -1.18. The molecule has 0 atom stereocenters. The zero-order valence-corrected chi connectivity index (χ0v) is 13.8. The highest BCUT2D eigenvalue weighted by Crippen LogP contribution is 2.24. The first-order chi connectivity index (χ1) is 11.3. The van der Waals surface area contributed by atoms with E-state index in [0.29, 0.717) is 6.54 Å². The quantitative estimate of drug-likeness (QED) is 0.786. The number of carbonyl (C=O) groups excluding carboxylic acids is 1. The molecular weight excluding hydrogens is 312 g/mol. The van der Waals surface area contributed by atoms with Crippen LogP contribution in [0.2, 0.25) is 0 Å². The van der Waals surface area contributed by atoms with Crippen molar-refractivity contribution in [1.29, 1.82) is 0 Å². The van der Waals surface area contributed by atoms with Gasteiger partial charge in [-0.15, -0.1) is 5.10 Å². The predicted molar refractivity (Wildman–Crippen MR) is 86.0 cm³/mol. The van der Waals surface area contributed by atoms with E-state index in [-0.39, 0.29) is 23.6 Å². The van der Waals surface area contributed by atoms with Crippen LogP contribution in [0.15, 0.2) is 30.5 Å². The fourth-order valence-electron chi connectivity index (χ4n) is 2.14. The molecule has 0 aliphatic rings. The van der Waals surface area contributed by atoms with E-state index in [2.05, 4.69) is 15.6 Å². The predicted octanol–water partition coefficient (Wildman–Crippen LogP) is 1.08. The van der Waals surface area contributed by atoms with Gasteiger partial charge in [-0.25, -0.2) is 9.48 Å². The zero-order valence-electron chi connectivity index (χ0n) is 13.8. The van der Waals surface area contributed by atoms with Crippen LogP contribution in [0.5, 0.6) is 5.75 Å². The summed E-state index contributed by atoms with van der Waals surface area (Å²) in [7, 11) is 1.61. The van der Waals surface area contributed by atoms with Crippen LogP contribution in [0.3, 0.4) is 0 Å². The topological polar surface area (TPSA) is 106 Å². The molecule has 0 saturated carbocycles. The Labute approximate surface area is 139 Å². The first-order valence-corrected chi connectivity index (χ1v) is 7.36. The summed E-state index contributed by atoms with van der Waals surface area (Å²) in [6, 6.07) is 7.67. The highest BCUT2D eigenvalue weighted by Gasteiger charge is 2.21. The number of rotatable bonds is 7. The van der Waals surface area contributed by atoms with Gasteiger partial charge in [0.1, 0.15) is 12.3 Å². The van der Waals surface area contributed by atoms with Gasteiger partial charge in [0.15, 0.2) is 5.69 Å². The van der Waals surface area contributed by atoms with Crippen LogP contribution < -0.4 is 10.1 Å². The van der Waals surface area contributed by atoms with Crippen molar-refractivity contribution in [3.8, 4) is 5.75 Å². The zero-order chi connectivity index (χ0) is 17.7. The first-order valence-electron chi connectivity index (χ1n) is 7.36. The molecular formula is C16H20N4O4. The minimum absolute atomic E-state index is 0.0844. The number of hydrogen-bond acceptors (Lipinski definition) is 5. The Morgan fingerprint density at radius 1 is 1.29 bits per heavy atom. The fourth-order valence-corrected chi connectivity index (χ4v) is 2.14. The number of aromatic carboxylic acids is 1. The highest BCUT2D eigenvalue weighted by molar-refractivity contribution is 5.84. The van der Waals surface area contributed by atoms with Crippen LogP contribution in [0.25, 0.3) is 0 Å². The number of ether oxygens (including phenoxy) is 1. The lowest BCUT2D eigenvalue weighted by Gasteiger charge is -2.25. The Balaban J connectivity index is 1.92. The molecule has 0 saturated heterocycles. The van der Waals surface area contributed by atoms with Crippen molar-refractivity contribution >= 4 is 11.9 Å². The van der Waals surface area contributed by atoms with Crippen molar-refractivity contribution in [3.05, 3.63) is 41.7 Å². The van der Waals surface area contributed by atoms with E-state index in [9.17, 15) is 9.59 Å². The van der Waals surface area contributed by atoms with Gasteiger partial charge in [-0.05, 0) is 17.7 Å². The number of carboxylic acid groups (broad SMARTS) is 1. The van der Waals surface area contributed by atoms with Crippen molar-refractivity contribution in [1.82, 2.24) is 20.3 Å². The molecule has 0 aliphatic heterocycles. The maximum atomic E-state index is 12.0. The van der Waals surface area contributed by atoms with E-state index in [1.807, 2.05) is 38.1 Å². The molecule has 128 valence electrons. The van der Waals surface area contributed by atoms with E-state index in [4.69, 9.17) is 9.84 Å². The van der Waals surface area contributed by atoms with Gasteiger partial charge in [0.05, 0.1) is 13.3 Å². The van der Waals surface area contributed by atoms with E-state index in [0.717, 1.165) is 11.3 Å². The summed E-state index contributed by atoms with van der Waals surface area (Å²) in [5, 5.41) is 18.7. The third-order valence-corrected chi connectivity index (χ3v) is 3.66. The van der Waals surface area contributed by atoms with Gasteiger partial charge < -0.3 is 15.2 Å². The Hall–Kier alpha value is -2.90. The van der Waals surface area contributed by atoms with Gasteiger partial charge in [-0.3, -0.25) is 4.79 Å².